The van der Waals surface area contributed by atoms with Crippen LogP contribution in [0.4, 0.5) is 0 Å². The number of piperidine rings is 1. The molecule has 0 aromatic carbocycles. The highest BCUT2D eigenvalue weighted by molar-refractivity contribution is 8.00. The fourth-order valence-corrected chi connectivity index (χ4v) is 3.87. The SMILES string of the molecule is CC1CC(NCC2(C)CCN(C)CC2)CS1. The first kappa shape index (κ1) is 12.7. The molecule has 0 aromatic heterocycles. The summed E-state index contributed by atoms with van der Waals surface area (Å²) in [6.07, 6.45) is 4.07. The van der Waals surface area contributed by atoms with Crippen LogP contribution in [-0.4, -0.2) is 48.6 Å². The lowest BCUT2D eigenvalue weighted by Crippen LogP contribution is -2.44. The quantitative estimate of drug-likeness (QED) is 0.817. The Morgan fingerprint density at radius 1 is 1.38 bits per heavy atom. The van der Waals surface area contributed by atoms with Gasteiger partial charge in [0.25, 0.3) is 0 Å². The van der Waals surface area contributed by atoms with Gasteiger partial charge < -0.3 is 10.2 Å². The van der Waals surface area contributed by atoms with Crippen LogP contribution in [0.25, 0.3) is 0 Å². The predicted molar refractivity (Wildman–Crippen MR) is 73.2 cm³/mol. The van der Waals surface area contributed by atoms with E-state index in [0.717, 1.165) is 11.3 Å². The number of nitrogens with zero attached hydrogens (tertiary/aromatic N) is 1. The molecule has 2 aliphatic heterocycles. The minimum atomic E-state index is 0.545. The van der Waals surface area contributed by atoms with Crippen molar-refractivity contribution in [3.8, 4) is 0 Å². The lowest BCUT2D eigenvalue weighted by atomic mass is 9.80. The summed E-state index contributed by atoms with van der Waals surface area (Å²) in [6.45, 7) is 8.57. The zero-order chi connectivity index (χ0) is 11.6. The van der Waals surface area contributed by atoms with Crippen LogP contribution >= 0.6 is 11.8 Å². The molecule has 0 spiro atoms. The summed E-state index contributed by atoms with van der Waals surface area (Å²) < 4.78 is 0. The summed E-state index contributed by atoms with van der Waals surface area (Å²) in [4.78, 5) is 2.45. The van der Waals surface area contributed by atoms with Crippen molar-refractivity contribution >= 4 is 11.8 Å². The first-order chi connectivity index (χ1) is 7.57. The minimum Gasteiger partial charge on any atom is -0.313 e. The van der Waals surface area contributed by atoms with Crippen LogP contribution in [-0.2, 0) is 0 Å². The van der Waals surface area contributed by atoms with Crippen molar-refractivity contribution in [2.24, 2.45) is 5.41 Å². The van der Waals surface area contributed by atoms with E-state index in [-0.39, 0.29) is 0 Å². The van der Waals surface area contributed by atoms with Crippen molar-refractivity contribution in [2.75, 3.05) is 32.4 Å². The van der Waals surface area contributed by atoms with Gasteiger partial charge in [-0.05, 0) is 44.8 Å². The van der Waals surface area contributed by atoms with Gasteiger partial charge in [0, 0.05) is 23.6 Å². The van der Waals surface area contributed by atoms with Gasteiger partial charge in [0.2, 0.25) is 0 Å². The van der Waals surface area contributed by atoms with E-state index in [1.54, 1.807) is 0 Å². The van der Waals surface area contributed by atoms with Crippen LogP contribution < -0.4 is 5.32 Å². The molecule has 2 saturated heterocycles. The fraction of sp³-hybridized carbons (Fsp3) is 1.00. The smallest absolute Gasteiger partial charge is 0.0168 e. The summed E-state index contributed by atoms with van der Waals surface area (Å²) in [7, 11) is 2.24. The molecule has 0 bridgehead atoms. The maximum absolute atomic E-state index is 3.80. The Labute approximate surface area is 105 Å². The molecule has 2 rings (SSSR count). The molecular formula is C13H26N2S. The van der Waals surface area contributed by atoms with Gasteiger partial charge in [-0.15, -0.1) is 0 Å². The molecule has 16 heavy (non-hydrogen) atoms. The molecule has 0 aromatic rings. The van der Waals surface area contributed by atoms with Gasteiger partial charge in [0.15, 0.2) is 0 Å². The topological polar surface area (TPSA) is 15.3 Å². The maximum Gasteiger partial charge on any atom is 0.0168 e. The van der Waals surface area contributed by atoms with Crippen LogP contribution in [0.15, 0.2) is 0 Å². The number of thioether (sulfide) groups is 1. The Morgan fingerprint density at radius 3 is 2.62 bits per heavy atom. The Bertz CT molecular complexity index is 224. The van der Waals surface area contributed by atoms with E-state index in [0.29, 0.717) is 5.41 Å². The molecule has 2 fully saturated rings. The summed E-state index contributed by atoms with van der Waals surface area (Å²) in [6, 6.07) is 0.775. The highest BCUT2D eigenvalue weighted by Crippen LogP contribution is 2.31. The Balaban J connectivity index is 1.72. The number of nitrogens with one attached hydrogen (secondary N) is 1. The Hall–Kier alpha value is 0.270. The third-order valence-electron chi connectivity index (χ3n) is 4.21. The van der Waals surface area contributed by atoms with E-state index in [4.69, 9.17) is 0 Å². The average molecular weight is 242 g/mol. The molecule has 0 saturated carbocycles. The molecule has 2 atom stereocenters. The van der Waals surface area contributed by atoms with Crippen LogP contribution in [0.2, 0.25) is 0 Å². The molecule has 94 valence electrons. The van der Waals surface area contributed by atoms with Crippen molar-refractivity contribution in [3.63, 3.8) is 0 Å². The molecule has 2 heterocycles. The zero-order valence-electron chi connectivity index (χ0n) is 11.0. The number of hydrogen-bond acceptors (Lipinski definition) is 3. The lowest BCUT2D eigenvalue weighted by molar-refractivity contribution is 0.134. The second-order valence-corrected chi connectivity index (χ2v) is 7.54. The molecule has 1 N–H and O–H groups in total. The van der Waals surface area contributed by atoms with E-state index in [1.807, 2.05) is 0 Å². The zero-order valence-corrected chi connectivity index (χ0v) is 11.8. The van der Waals surface area contributed by atoms with E-state index in [1.165, 1.54) is 44.6 Å². The van der Waals surface area contributed by atoms with Crippen molar-refractivity contribution < 1.29 is 0 Å². The molecule has 2 unspecified atom stereocenters. The van der Waals surface area contributed by atoms with Crippen LogP contribution in [0.5, 0.6) is 0 Å². The van der Waals surface area contributed by atoms with Crippen molar-refractivity contribution in [3.05, 3.63) is 0 Å². The first-order valence-electron chi connectivity index (χ1n) is 6.61. The van der Waals surface area contributed by atoms with Gasteiger partial charge in [-0.2, -0.15) is 11.8 Å². The fourth-order valence-electron chi connectivity index (χ4n) is 2.69. The average Bonchev–Trinajstić information content (AvgIpc) is 2.67. The van der Waals surface area contributed by atoms with Gasteiger partial charge in [0.1, 0.15) is 0 Å². The lowest BCUT2D eigenvalue weighted by Gasteiger charge is -2.38. The summed E-state index contributed by atoms with van der Waals surface area (Å²) >= 11 is 2.12. The number of rotatable bonds is 3. The molecule has 0 aliphatic carbocycles. The van der Waals surface area contributed by atoms with Crippen LogP contribution in [0, 0.1) is 5.41 Å². The van der Waals surface area contributed by atoms with Crippen molar-refractivity contribution in [1.82, 2.24) is 10.2 Å². The second-order valence-electron chi connectivity index (χ2n) is 6.07. The number of hydrogen-bond donors (Lipinski definition) is 1. The third-order valence-corrected chi connectivity index (χ3v) is 5.57. The van der Waals surface area contributed by atoms with Gasteiger partial charge in [-0.25, -0.2) is 0 Å². The van der Waals surface area contributed by atoms with Gasteiger partial charge in [0.05, 0.1) is 0 Å². The first-order valence-corrected chi connectivity index (χ1v) is 7.66. The summed E-state index contributed by atoms with van der Waals surface area (Å²) in [5, 5.41) is 4.66. The van der Waals surface area contributed by atoms with Gasteiger partial charge in [-0.1, -0.05) is 13.8 Å². The molecule has 2 nitrogen and oxygen atoms in total. The molecule has 3 heteroatoms. The molecule has 2 aliphatic rings. The number of likely N-dealkylation sites (tertiary alicyclic amines) is 1. The van der Waals surface area contributed by atoms with E-state index in [2.05, 4.69) is 42.9 Å². The summed E-state index contributed by atoms with van der Waals surface area (Å²) in [5.41, 5.74) is 0.545. The molecule has 0 amide bonds. The highest BCUT2D eigenvalue weighted by Gasteiger charge is 2.30. The Morgan fingerprint density at radius 2 is 2.06 bits per heavy atom. The second kappa shape index (κ2) is 5.28. The van der Waals surface area contributed by atoms with E-state index < -0.39 is 0 Å². The Kier molecular flexibility index (Phi) is 4.20. The van der Waals surface area contributed by atoms with Crippen LogP contribution in [0.1, 0.15) is 33.1 Å². The van der Waals surface area contributed by atoms with Gasteiger partial charge >= 0.3 is 0 Å². The molecular weight excluding hydrogens is 216 g/mol. The van der Waals surface area contributed by atoms with Crippen LogP contribution in [0.3, 0.4) is 0 Å². The van der Waals surface area contributed by atoms with E-state index >= 15 is 0 Å². The molecule has 0 radical (unpaired) electrons. The maximum atomic E-state index is 3.80. The predicted octanol–water partition coefficient (Wildman–Crippen LogP) is 2.20. The van der Waals surface area contributed by atoms with Gasteiger partial charge in [-0.3, -0.25) is 0 Å². The third kappa shape index (κ3) is 3.38. The normalized spacial score (nSPS) is 35.4. The minimum absolute atomic E-state index is 0.545. The summed E-state index contributed by atoms with van der Waals surface area (Å²) in [5.74, 6) is 1.32. The largest absolute Gasteiger partial charge is 0.313 e. The standard InChI is InChI=1S/C13H26N2S/c1-11-8-12(9-16-11)14-10-13(2)4-6-15(3)7-5-13/h11-12,14H,4-10H2,1-3H3. The van der Waals surface area contributed by atoms with E-state index in [9.17, 15) is 0 Å². The highest BCUT2D eigenvalue weighted by atomic mass is 32.2. The monoisotopic (exact) mass is 242 g/mol. The van der Waals surface area contributed by atoms with Crippen molar-refractivity contribution in [2.45, 2.75) is 44.4 Å². The van der Waals surface area contributed by atoms with Crippen molar-refractivity contribution in [1.29, 1.82) is 0 Å².